The molecule has 7 heterocycles. The number of amides is 2. The Hall–Kier alpha value is -6.90. The van der Waals surface area contributed by atoms with Crippen LogP contribution in [0, 0.1) is 20.8 Å². The molecule has 322 valence electrons. The first kappa shape index (κ1) is 40.2. The fourth-order valence-electron chi connectivity index (χ4n) is 9.36. The number of aryl methyl sites for hydroxylation is 7. The van der Waals surface area contributed by atoms with E-state index in [2.05, 4.69) is 81.2 Å². The Kier molecular flexibility index (Phi) is 10.3. The van der Waals surface area contributed by atoms with Crippen LogP contribution in [0.25, 0.3) is 33.1 Å². The predicted octanol–water partition coefficient (Wildman–Crippen LogP) is 8.31. The Morgan fingerprint density at radius 2 is 1.89 bits per heavy atom. The van der Waals surface area contributed by atoms with E-state index in [1.54, 1.807) is 4.90 Å². The number of aromatic amines is 1. The molecule has 63 heavy (non-hydrogen) atoms. The third-order valence-corrected chi connectivity index (χ3v) is 12.9. The summed E-state index contributed by atoms with van der Waals surface area (Å²) < 4.78 is 9.54. The zero-order valence-corrected chi connectivity index (χ0v) is 36.2. The molecule has 1 unspecified atom stereocenters. The minimum atomic E-state index is -0.485. The van der Waals surface area contributed by atoms with Crippen LogP contribution in [-0.4, -0.2) is 68.0 Å². The highest BCUT2D eigenvalue weighted by molar-refractivity contribution is 6.13. The average Bonchev–Trinajstić information content (AvgIpc) is 3.52. The average molecular weight is 846 g/mol. The SMILES string of the molecule is C=C1CCC(N2Cc3c(CCc4cn(CCCCC(=O)c5nc(Nc6cc(C7CC7)nn6CC)c6c(n5)[nH]c5cc(-c7c(C)noc7C)c(C)cc56)cn4)cccc3C2=O)C(=O)N1. The van der Waals surface area contributed by atoms with Crippen molar-refractivity contribution in [2.75, 3.05) is 5.32 Å². The third-order valence-electron chi connectivity index (χ3n) is 12.9. The number of piperidine rings is 1. The van der Waals surface area contributed by atoms with Gasteiger partial charge in [-0.1, -0.05) is 23.9 Å². The summed E-state index contributed by atoms with van der Waals surface area (Å²) in [6, 6.07) is 11.7. The van der Waals surface area contributed by atoms with Gasteiger partial charge in [0, 0.05) is 72.0 Å². The Morgan fingerprint density at radius 3 is 2.67 bits per heavy atom. The highest BCUT2D eigenvalue weighted by Crippen LogP contribution is 2.42. The van der Waals surface area contributed by atoms with Crippen LogP contribution in [-0.2, 0) is 37.3 Å². The monoisotopic (exact) mass is 845 g/mol. The quantitative estimate of drug-likeness (QED) is 0.0671. The van der Waals surface area contributed by atoms with E-state index in [9.17, 15) is 14.4 Å². The maximum absolute atomic E-state index is 13.9. The van der Waals surface area contributed by atoms with Crippen molar-refractivity contribution >= 4 is 51.2 Å². The zero-order chi connectivity index (χ0) is 43.5. The number of carbonyl (C=O) groups excluding carboxylic acids is 3. The molecule has 2 aliphatic heterocycles. The van der Waals surface area contributed by atoms with Crippen molar-refractivity contribution < 1.29 is 18.9 Å². The number of Topliss-reactive ketones (excluding diaryl/α,β-unsaturated/α-hetero) is 1. The molecule has 3 aliphatic rings. The molecule has 15 heteroatoms. The van der Waals surface area contributed by atoms with Crippen LogP contribution in [0.1, 0.15) is 118 Å². The molecule has 15 nitrogen and oxygen atoms in total. The lowest BCUT2D eigenvalue weighted by Crippen LogP contribution is -2.49. The van der Waals surface area contributed by atoms with Gasteiger partial charge in [0.25, 0.3) is 5.91 Å². The van der Waals surface area contributed by atoms with Gasteiger partial charge in [-0.05, 0) is 120 Å². The number of unbranched alkanes of at least 4 members (excludes halogenated alkanes) is 1. The highest BCUT2D eigenvalue weighted by Gasteiger charge is 2.39. The van der Waals surface area contributed by atoms with Crippen LogP contribution < -0.4 is 10.6 Å². The number of nitrogens with zero attached hydrogens (tertiary/aromatic N) is 8. The standard InChI is InChI=1S/C48H51N11O4/c1-6-59-41(22-37(55-59)31-14-15-31)52-46-43-35-20-26(2)34(42-28(4)56-63-29(42)5)21-38(35)51-45(43)53-44(54-46)40(60)12-7-8-19-57-23-32(49-25-57)17-16-30-10-9-11-33-36(30)24-58(48(33)62)39-18-13-27(3)50-47(39)61/h9-11,20-23,25,31,39H,3,6-8,12-19,24H2,1-2,4-5H3,(H,50,61)(H2,51,52,53,54). The summed E-state index contributed by atoms with van der Waals surface area (Å²) in [4.78, 5) is 59.6. The van der Waals surface area contributed by atoms with Crippen molar-refractivity contribution in [2.45, 2.75) is 117 Å². The van der Waals surface area contributed by atoms with E-state index in [0.717, 1.165) is 98.4 Å². The molecular formula is C48H51N11O4. The minimum absolute atomic E-state index is 0.0922. The largest absolute Gasteiger partial charge is 0.361 e. The Balaban J connectivity index is 0.820. The number of carbonyl (C=O) groups is 3. The van der Waals surface area contributed by atoms with Crippen LogP contribution in [0.15, 0.2) is 65.7 Å². The number of rotatable bonds is 15. The second-order valence-electron chi connectivity index (χ2n) is 17.3. The zero-order valence-electron chi connectivity index (χ0n) is 36.2. The molecule has 3 N–H and O–H groups in total. The number of imidazole rings is 1. The molecule has 1 aliphatic carbocycles. The first-order chi connectivity index (χ1) is 30.5. The highest BCUT2D eigenvalue weighted by atomic mass is 16.5. The van der Waals surface area contributed by atoms with Gasteiger partial charge in [0.15, 0.2) is 11.6 Å². The van der Waals surface area contributed by atoms with Gasteiger partial charge < -0.3 is 29.6 Å². The van der Waals surface area contributed by atoms with Crippen molar-refractivity contribution in [1.29, 1.82) is 0 Å². The summed E-state index contributed by atoms with van der Waals surface area (Å²) in [6.45, 7) is 13.7. The number of hydrogen-bond donors (Lipinski definition) is 3. The molecule has 10 rings (SSSR count). The topological polar surface area (TPSA) is 182 Å². The van der Waals surface area contributed by atoms with Gasteiger partial charge in [0.1, 0.15) is 29.1 Å². The van der Waals surface area contributed by atoms with Gasteiger partial charge in [0.2, 0.25) is 5.91 Å². The lowest BCUT2D eigenvalue weighted by molar-refractivity contribution is -0.126. The number of fused-ring (bicyclic) bond motifs is 4. The van der Waals surface area contributed by atoms with E-state index >= 15 is 0 Å². The smallest absolute Gasteiger partial charge is 0.255 e. The molecule has 2 amide bonds. The van der Waals surface area contributed by atoms with E-state index in [-0.39, 0.29) is 23.4 Å². The van der Waals surface area contributed by atoms with Crippen LogP contribution in [0.5, 0.6) is 0 Å². The number of benzene rings is 2. The van der Waals surface area contributed by atoms with Crippen molar-refractivity contribution in [3.63, 3.8) is 0 Å². The number of hydrogen-bond acceptors (Lipinski definition) is 10. The second-order valence-corrected chi connectivity index (χ2v) is 17.3. The molecule has 7 aromatic rings. The van der Waals surface area contributed by atoms with E-state index in [4.69, 9.17) is 19.6 Å². The van der Waals surface area contributed by atoms with Crippen molar-refractivity contribution in [3.8, 4) is 11.1 Å². The molecule has 0 spiro atoms. The van der Waals surface area contributed by atoms with E-state index in [0.29, 0.717) is 80.4 Å². The summed E-state index contributed by atoms with van der Waals surface area (Å²) >= 11 is 0. The van der Waals surface area contributed by atoms with Crippen LogP contribution >= 0.6 is 0 Å². The van der Waals surface area contributed by atoms with E-state index < -0.39 is 6.04 Å². The summed E-state index contributed by atoms with van der Waals surface area (Å²) in [5, 5.41) is 17.2. The normalized spacial score (nSPS) is 16.4. The Morgan fingerprint density at radius 1 is 1.03 bits per heavy atom. The summed E-state index contributed by atoms with van der Waals surface area (Å²) in [6.07, 6.45) is 10.6. The third kappa shape index (κ3) is 7.59. The molecule has 2 aromatic carbocycles. The molecule has 5 aromatic heterocycles. The lowest BCUT2D eigenvalue weighted by Gasteiger charge is -2.31. The molecule has 0 radical (unpaired) electrons. The summed E-state index contributed by atoms with van der Waals surface area (Å²) in [5.74, 6) is 2.44. The first-order valence-electron chi connectivity index (χ1n) is 22.1. The van der Waals surface area contributed by atoms with Crippen molar-refractivity contribution in [3.05, 3.63) is 112 Å². The molecule has 1 saturated heterocycles. The van der Waals surface area contributed by atoms with Gasteiger partial charge in [-0.25, -0.2) is 19.6 Å². The fourth-order valence-corrected chi connectivity index (χ4v) is 9.36. The van der Waals surface area contributed by atoms with Gasteiger partial charge >= 0.3 is 0 Å². The maximum atomic E-state index is 13.9. The number of H-pyrrole nitrogens is 1. The van der Waals surface area contributed by atoms with Crippen molar-refractivity contribution in [2.24, 2.45) is 0 Å². The van der Waals surface area contributed by atoms with Crippen LogP contribution in [0.3, 0.4) is 0 Å². The summed E-state index contributed by atoms with van der Waals surface area (Å²) in [7, 11) is 0. The molecular weight excluding hydrogens is 795 g/mol. The number of nitrogens with one attached hydrogen (secondary N) is 3. The maximum Gasteiger partial charge on any atom is 0.255 e. The number of ketones is 1. The number of aromatic nitrogens is 8. The fraction of sp³-hybridized carbons (Fsp3) is 0.375. The van der Waals surface area contributed by atoms with Gasteiger partial charge in [-0.15, -0.1) is 0 Å². The molecule has 1 saturated carbocycles. The van der Waals surface area contributed by atoms with Gasteiger partial charge in [0.05, 0.1) is 28.8 Å². The van der Waals surface area contributed by atoms with E-state index in [1.165, 1.54) is 0 Å². The Labute approximate surface area is 364 Å². The number of anilines is 2. The second kappa shape index (κ2) is 16.1. The minimum Gasteiger partial charge on any atom is -0.361 e. The first-order valence-corrected chi connectivity index (χ1v) is 22.1. The van der Waals surface area contributed by atoms with Crippen LogP contribution in [0.2, 0.25) is 0 Å². The molecule has 0 bridgehead atoms. The lowest BCUT2D eigenvalue weighted by atomic mass is 9.97. The summed E-state index contributed by atoms with van der Waals surface area (Å²) in [5.41, 5.74) is 10.8. The molecule has 1 atom stereocenters. The van der Waals surface area contributed by atoms with Crippen molar-refractivity contribution in [1.82, 2.24) is 49.7 Å². The van der Waals surface area contributed by atoms with E-state index in [1.807, 2.05) is 37.0 Å². The predicted molar refractivity (Wildman–Crippen MR) is 239 cm³/mol. The van der Waals surface area contributed by atoms with Gasteiger partial charge in [-0.2, -0.15) is 5.10 Å². The number of allylic oxidation sites excluding steroid dienone is 1. The van der Waals surface area contributed by atoms with Crippen LogP contribution in [0.4, 0.5) is 11.6 Å². The van der Waals surface area contributed by atoms with Gasteiger partial charge in [-0.3, -0.25) is 14.4 Å². The Bertz CT molecular complexity index is 2960. The molecule has 2 fully saturated rings.